The van der Waals surface area contributed by atoms with Gasteiger partial charge in [0.2, 0.25) is 0 Å². The number of anilines is 1. The van der Waals surface area contributed by atoms with Crippen molar-refractivity contribution in [1.29, 1.82) is 0 Å². The topological polar surface area (TPSA) is 105 Å². The fraction of sp³-hybridized carbons (Fsp3) is 0.286. The predicted octanol–water partition coefficient (Wildman–Crippen LogP) is 1.16. The van der Waals surface area contributed by atoms with Crippen molar-refractivity contribution in [3.63, 3.8) is 0 Å². The molecule has 124 valence electrons. The van der Waals surface area contributed by atoms with E-state index in [0.29, 0.717) is 5.69 Å². The lowest BCUT2D eigenvalue weighted by molar-refractivity contribution is 0.0685. The molecule has 1 aromatic heterocycles. The first kappa shape index (κ1) is 17.0. The molecule has 0 aliphatic rings. The van der Waals surface area contributed by atoms with Crippen molar-refractivity contribution >= 4 is 21.9 Å². The zero-order chi connectivity index (χ0) is 17.2. The van der Waals surface area contributed by atoms with E-state index in [0.717, 1.165) is 9.87 Å². The number of nitrogens with zero attached hydrogens (tertiary/aromatic N) is 3. The Labute approximate surface area is 134 Å². The summed E-state index contributed by atoms with van der Waals surface area (Å²) in [5.74, 6) is -1.25. The number of benzene rings is 1. The van der Waals surface area contributed by atoms with E-state index in [4.69, 9.17) is 0 Å². The number of carboxylic acids is 1. The summed E-state index contributed by atoms with van der Waals surface area (Å²) in [6, 6.07) is 9.20. The highest BCUT2D eigenvalue weighted by molar-refractivity contribution is 7.90. The molecule has 2 rings (SSSR count). The van der Waals surface area contributed by atoms with Crippen LogP contribution in [0.5, 0.6) is 0 Å². The molecule has 0 unspecified atom stereocenters. The summed E-state index contributed by atoms with van der Waals surface area (Å²) in [7, 11) is -1.12. The number of rotatable bonds is 6. The van der Waals surface area contributed by atoms with E-state index in [1.807, 2.05) is 30.3 Å². The second kappa shape index (κ2) is 6.39. The third-order valence-electron chi connectivity index (χ3n) is 3.22. The molecule has 0 aliphatic heterocycles. The molecule has 9 heteroatoms. The van der Waals surface area contributed by atoms with Crippen LogP contribution in [-0.2, 0) is 16.8 Å². The van der Waals surface area contributed by atoms with Gasteiger partial charge < -0.3 is 5.11 Å². The van der Waals surface area contributed by atoms with Crippen LogP contribution in [0.4, 0.5) is 5.69 Å². The molecule has 0 fully saturated rings. The molecule has 2 aromatic rings. The summed E-state index contributed by atoms with van der Waals surface area (Å²) < 4.78 is 28.5. The Balaban J connectivity index is 2.46. The molecule has 1 heterocycles. The molecule has 1 aromatic carbocycles. The highest BCUT2D eigenvalue weighted by atomic mass is 32.2. The van der Waals surface area contributed by atoms with E-state index in [1.54, 1.807) is 6.92 Å². The summed E-state index contributed by atoms with van der Waals surface area (Å²) in [5, 5.41) is 13.6. The minimum absolute atomic E-state index is 0.0258. The normalized spacial score (nSPS) is 11.7. The Morgan fingerprint density at radius 1 is 1.30 bits per heavy atom. The second-order valence-corrected chi connectivity index (χ2v) is 7.03. The minimum Gasteiger partial charge on any atom is -0.476 e. The lowest BCUT2D eigenvalue weighted by Gasteiger charge is -2.13. The second-order valence-electron chi connectivity index (χ2n) is 5.15. The van der Waals surface area contributed by atoms with Crippen LogP contribution in [0, 0.1) is 6.92 Å². The number of carboxylic acid groups (broad SMARTS) is 1. The number of aromatic nitrogens is 2. The Morgan fingerprint density at radius 3 is 2.43 bits per heavy atom. The number of hydrogen-bond donors (Lipinski definition) is 2. The Kier molecular flexibility index (Phi) is 4.71. The van der Waals surface area contributed by atoms with Gasteiger partial charge in [0.25, 0.3) is 0 Å². The molecule has 0 bridgehead atoms. The number of hydrogen-bond acceptors (Lipinski definition) is 4. The zero-order valence-corrected chi connectivity index (χ0v) is 13.8. The molecule has 8 nitrogen and oxygen atoms in total. The first-order valence-corrected chi connectivity index (χ1v) is 8.21. The van der Waals surface area contributed by atoms with Crippen molar-refractivity contribution in [2.75, 3.05) is 18.8 Å². The summed E-state index contributed by atoms with van der Waals surface area (Å²) in [6.45, 7) is 1.79. The van der Waals surface area contributed by atoms with Gasteiger partial charge >= 0.3 is 16.2 Å². The third-order valence-corrected chi connectivity index (χ3v) is 4.64. The van der Waals surface area contributed by atoms with E-state index in [9.17, 15) is 18.3 Å². The molecular weight excluding hydrogens is 320 g/mol. The van der Waals surface area contributed by atoms with Crippen LogP contribution in [-0.4, -0.2) is 47.7 Å². The summed E-state index contributed by atoms with van der Waals surface area (Å²) in [4.78, 5) is 11.6. The molecule has 23 heavy (non-hydrogen) atoms. The zero-order valence-electron chi connectivity index (χ0n) is 13.0. The molecule has 0 saturated heterocycles. The van der Waals surface area contributed by atoms with Gasteiger partial charge in [-0.1, -0.05) is 30.3 Å². The highest BCUT2D eigenvalue weighted by Gasteiger charge is 2.25. The van der Waals surface area contributed by atoms with Crippen molar-refractivity contribution in [2.24, 2.45) is 0 Å². The van der Waals surface area contributed by atoms with Gasteiger partial charge in [-0.25, -0.2) is 4.79 Å². The van der Waals surface area contributed by atoms with Crippen molar-refractivity contribution in [1.82, 2.24) is 14.1 Å². The minimum atomic E-state index is -3.82. The Morgan fingerprint density at radius 2 is 1.91 bits per heavy atom. The van der Waals surface area contributed by atoms with E-state index in [-0.39, 0.29) is 17.9 Å². The van der Waals surface area contributed by atoms with Crippen molar-refractivity contribution in [3.8, 4) is 0 Å². The summed E-state index contributed by atoms with van der Waals surface area (Å²) >= 11 is 0. The van der Waals surface area contributed by atoms with Gasteiger partial charge in [-0.05, 0) is 12.5 Å². The average Bonchev–Trinajstić information content (AvgIpc) is 2.75. The van der Waals surface area contributed by atoms with Crippen molar-refractivity contribution < 1.29 is 18.3 Å². The fourth-order valence-corrected chi connectivity index (χ4v) is 2.70. The van der Waals surface area contributed by atoms with Gasteiger partial charge in [0.15, 0.2) is 5.69 Å². The molecule has 2 N–H and O–H groups in total. The maximum atomic E-state index is 12.0. The summed E-state index contributed by atoms with van der Waals surface area (Å²) in [5.41, 5.74) is 0.933. The molecule has 0 radical (unpaired) electrons. The molecule has 0 aliphatic carbocycles. The van der Waals surface area contributed by atoms with Crippen LogP contribution in [0.3, 0.4) is 0 Å². The standard InChI is InChI=1S/C14H18N4O4S/c1-10-12(16-23(21,22)17(2)3)13(14(19)20)18(15-10)9-11-7-5-4-6-8-11/h4-8,16H,9H2,1-3H3,(H,19,20). The Bertz CT molecular complexity index is 813. The first-order valence-electron chi connectivity index (χ1n) is 6.77. The maximum Gasteiger partial charge on any atom is 0.356 e. The largest absolute Gasteiger partial charge is 0.476 e. The number of aromatic carboxylic acids is 1. The van der Waals surface area contributed by atoms with Gasteiger partial charge in [-0.3, -0.25) is 9.40 Å². The van der Waals surface area contributed by atoms with Gasteiger partial charge in [0, 0.05) is 14.1 Å². The van der Waals surface area contributed by atoms with Crippen LogP contribution >= 0.6 is 0 Å². The number of nitrogens with one attached hydrogen (secondary N) is 1. The van der Waals surface area contributed by atoms with Crippen molar-refractivity contribution in [3.05, 3.63) is 47.3 Å². The maximum absolute atomic E-state index is 12.0. The highest BCUT2D eigenvalue weighted by Crippen LogP contribution is 2.23. The van der Waals surface area contributed by atoms with Crippen LogP contribution in [0.15, 0.2) is 30.3 Å². The summed E-state index contributed by atoms with van der Waals surface area (Å²) in [6.07, 6.45) is 0. The number of carbonyl (C=O) groups is 1. The van der Waals surface area contributed by atoms with Crippen LogP contribution in [0.1, 0.15) is 21.7 Å². The predicted molar refractivity (Wildman–Crippen MR) is 85.7 cm³/mol. The molecule has 0 spiro atoms. The van der Waals surface area contributed by atoms with Gasteiger partial charge in [-0.15, -0.1) is 0 Å². The fourth-order valence-electron chi connectivity index (χ4n) is 2.01. The third kappa shape index (κ3) is 3.69. The van der Waals surface area contributed by atoms with Crippen LogP contribution in [0.25, 0.3) is 0 Å². The van der Waals surface area contributed by atoms with E-state index < -0.39 is 16.2 Å². The Hall–Kier alpha value is -2.39. The van der Waals surface area contributed by atoms with Crippen molar-refractivity contribution in [2.45, 2.75) is 13.5 Å². The van der Waals surface area contributed by atoms with Crippen LogP contribution < -0.4 is 4.72 Å². The molecular formula is C14H18N4O4S. The lowest BCUT2D eigenvalue weighted by atomic mass is 10.2. The SMILES string of the molecule is Cc1nn(Cc2ccccc2)c(C(=O)O)c1NS(=O)(=O)N(C)C. The van der Waals surface area contributed by atoms with E-state index in [2.05, 4.69) is 9.82 Å². The average molecular weight is 338 g/mol. The lowest BCUT2D eigenvalue weighted by Crippen LogP contribution is -2.29. The van der Waals surface area contributed by atoms with Crippen LogP contribution in [0.2, 0.25) is 0 Å². The first-order chi connectivity index (χ1) is 10.7. The van der Waals surface area contributed by atoms with E-state index >= 15 is 0 Å². The molecule has 0 atom stereocenters. The quantitative estimate of drug-likeness (QED) is 0.822. The van der Waals surface area contributed by atoms with E-state index in [1.165, 1.54) is 18.8 Å². The molecule has 0 amide bonds. The van der Waals surface area contributed by atoms with Gasteiger partial charge in [-0.2, -0.15) is 17.8 Å². The van der Waals surface area contributed by atoms with Gasteiger partial charge in [0.1, 0.15) is 5.69 Å². The van der Waals surface area contributed by atoms with Gasteiger partial charge in [0.05, 0.1) is 12.2 Å². The molecule has 0 saturated carbocycles. The smallest absolute Gasteiger partial charge is 0.356 e. The monoisotopic (exact) mass is 338 g/mol. The number of aryl methyl sites for hydroxylation is 1.